The van der Waals surface area contributed by atoms with Gasteiger partial charge < -0.3 is 16.6 Å². The maximum Gasteiger partial charge on any atom is 0.306 e. The molecule has 36 heavy (non-hydrogen) atoms. The van der Waals surface area contributed by atoms with Crippen molar-refractivity contribution >= 4 is 38.3 Å². The van der Waals surface area contributed by atoms with Crippen LogP contribution >= 0.6 is 0 Å². The molecule has 1 amide bonds. The third-order valence-electron chi connectivity index (χ3n) is 7.43. The number of carbonyl (C=O) groups excluding carboxylic acids is 2. The number of fused-ring (bicyclic) bond motifs is 1. The third-order valence-corrected chi connectivity index (χ3v) is 9.65. The molecular formula is C27H36N2O6S. The molecule has 0 spiro atoms. The number of carboxylic acid groups (broad SMARTS) is 1. The largest absolute Gasteiger partial charge is 0.481 e. The van der Waals surface area contributed by atoms with Crippen LogP contribution in [-0.2, 0) is 24.2 Å². The highest BCUT2D eigenvalue weighted by molar-refractivity contribution is 7.93. The number of ketones is 1. The van der Waals surface area contributed by atoms with Gasteiger partial charge in [-0.1, -0.05) is 94.2 Å². The van der Waals surface area contributed by atoms with E-state index in [1.165, 1.54) is 12.1 Å². The first-order chi connectivity index (χ1) is 17.1. The van der Waals surface area contributed by atoms with Gasteiger partial charge in [-0.2, -0.15) is 0 Å². The van der Waals surface area contributed by atoms with Crippen LogP contribution in [0, 0.1) is 5.41 Å². The van der Waals surface area contributed by atoms with E-state index >= 15 is 0 Å². The fourth-order valence-corrected chi connectivity index (χ4v) is 7.23. The van der Waals surface area contributed by atoms with Crippen LogP contribution in [-0.4, -0.2) is 36.1 Å². The maximum atomic E-state index is 14.2. The van der Waals surface area contributed by atoms with Crippen LogP contribution < -0.4 is 11.5 Å². The first-order valence-electron chi connectivity index (χ1n) is 12.6. The number of amides is 1. The van der Waals surface area contributed by atoms with Gasteiger partial charge in [0, 0.05) is 5.39 Å². The molecule has 2 aromatic rings. The summed E-state index contributed by atoms with van der Waals surface area (Å²) in [5.74, 6) is -3.62. The molecule has 1 aliphatic rings. The highest BCUT2D eigenvalue weighted by Crippen LogP contribution is 2.41. The van der Waals surface area contributed by atoms with Crippen LogP contribution in [0.1, 0.15) is 77.0 Å². The van der Waals surface area contributed by atoms with Crippen molar-refractivity contribution in [1.29, 1.82) is 0 Å². The fraction of sp³-hybridized carbons (Fsp3) is 0.519. The average Bonchev–Trinajstić information content (AvgIpc) is 2.83. The normalized spacial score (nSPS) is 19.4. The van der Waals surface area contributed by atoms with Crippen molar-refractivity contribution in [1.82, 2.24) is 0 Å². The average molecular weight is 517 g/mol. The number of carbonyl (C=O) groups is 3. The van der Waals surface area contributed by atoms with E-state index in [2.05, 4.69) is 0 Å². The van der Waals surface area contributed by atoms with Gasteiger partial charge in [0.25, 0.3) is 0 Å². The van der Waals surface area contributed by atoms with E-state index in [4.69, 9.17) is 11.5 Å². The predicted molar refractivity (Wildman–Crippen MR) is 138 cm³/mol. The molecule has 1 atom stereocenters. The lowest BCUT2D eigenvalue weighted by Crippen LogP contribution is -2.63. The van der Waals surface area contributed by atoms with Crippen molar-refractivity contribution in [2.75, 3.05) is 0 Å². The van der Waals surface area contributed by atoms with E-state index in [9.17, 15) is 27.9 Å². The van der Waals surface area contributed by atoms with Gasteiger partial charge in [-0.15, -0.1) is 0 Å². The molecule has 8 nitrogen and oxygen atoms in total. The molecule has 196 valence electrons. The van der Waals surface area contributed by atoms with Crippen molar-refractivity contribution in [2.24, 2.45) is 16.9 Å². The molecule has 3 rings (SSSR count). The number of carboxylic acids is 1. The Hall–Kier alpha value is -2.78. The Balaban J connectivity index is 2.16. The van der Waals surface area contributed by atoms with E-state index < -0.39 is 44.2 Å². The molecule has 0 aliphatic heterocycles. The molecule has 0 heterocycles. The lowest BCUT2D eigenvalue weighted by atomic mass is 9.71. The number of Topliss-reactive ketones (excluding diaryl/α,β-unsaturated/α-hetero) is 1. The van der Waals surface area contributed by atoms with Crippen LogP contribution in [0.2, 0.25) is 0 Å². The third kappa shape index (κ3) is 5.47. The summed E-state index contributed by atoms with van der Waals surface area (Å²) in [4.78, 5) is 36.0. The lowest BCUT2D eigenvalue weighted by Gasteiger charge is -2.37. The molecule has 0 unspecified atom stereocenters. The van der Waals surface area contributed by atoms with Gasteiger partial charge in [-0.25, -0.2) is 8.42 Å². The van der Waals surface area contributed by atoms with E-state index in [1.807, 2.05) is 0 Å². The minimum absolute atomic E-state index is 0.0464. The number of hydrogen-bond acceptors (Lipinski definition) is 6. The number of benzene rings is 2. The first kappa shape index (κ1) is 27.8. The minimum atomic E-state index is -4.75. The van der Waals surface area contributed by atoms with E-state index in [1.54, 1.807) is 30.3 Å². The summed E-state index contributed by atoms with van der Waals surface area (Å²) in [6.07, 6.45) is 6.51. The molecule has 1 saturated carbocycles. The molecular weight excluding hydrogens is 480 g/mol. The van der Waals surface area contributed by atoms with Crippen molar-refractivity contribution in [2.45, 2.75) is 86.8 Å². The zero-order valence-corrected chi connectivity index (χ0v) is 21.4. The molecule has 5 N–H and O–H groups in total. The van der Waals surface area contributed by atoms with Crippen molar-refractivity contribution in [3.63, 3.8) is 0 Å². The molecule has 0 radical (unpaired) electrons. The van der Waals surface area contributed by atoms with Gasteiger partial charge in [-0.05, 0) is 24.3 Å². The second-order valence-electron chi connectivity index (χ2n) is 9.90. The van der Waals surface area contributed by atoms with Gasteiger partial charge in [0.05, 0.1) is 11.3 Å². The summed E-state index contributed by atoms with van der Waals surface area (Å²) >= 11 is 0. The summed E-state index contributed by atoms with van der Waals surface area (Å²) in [6.45, 7) is 0. The maximum absolute atomic E-state index is 14.2. The Morgan fingerprint density at radius 1 is 0.833 bits per heavy atom. The molecule has 2 aromatic carbocycles. The molecule has 1 fully saturated rings. The van der Waals surface area contributed by atoms with E-state index in [-0.39, 0.29) is 17.7 Å². The fourth-order valence-electron chi connectivity index (χ4n) is 5.35. The standard InChI is InChI=1S/C27H36N2O6S/c28-25(33)26(17-10-6-4-2-1-3-5-7-11-18-26)24(32)27(29,19-23(30)31)36(34,35)22-16-12-14-20-13-8-9-15-21(20)22/h8-9,12-16H,1-7,10-11,17-19,29H2,(H2,28,33)(H,30,31)/t27-/m1/s1. The number of hydrogen-bond donors (Lipinski definition) is 3. The molecule has 0 bridgehead atoms. The van der Waals surface area contributed by atoms with Gasteiger partial charge in [0.15, 0.2) is 10.7 Å². The quantitative estimate of drug-likeness (QED) is 0.468. The Morgan fingerprint density at radius 3 is 1.86 bits per heavy atom. The highest BCUT2D eigenvalue weighted by Gasteiger charge is 2.59. The van der Waals surface area contributed by atoms with E-state index in [0.29, 0.717) is 23.6 Å². The number of primary amides is 1. The van der Waals surface area contributed by atoms with Crippen molar-refractivity contribution < 1.29 is 27.9 Å². The van der Waals surface area contributed by atoms with Gasteiger partial charge in [0.1, 0.15) is 5.41 Å². The number of sulfone groups is 1. The lowest BCUT2D eigenvalue weighted by molar-refractivity contribution is -0.147. The predicted octanol–water partition coefficient (Wildman–Crippen LogP) is 4.09. The zero-order valence-electron chi connectivity index (χ0n) is 20.6. The zero-order chi connectivity index (χ0) is 26.4. The number of aliphatic carboxylic acids is 1. The number of nitrogens with two attached hydrogens (primary N) is 2. The Kier molecular flexibility index (Phi) is 8.89. The summed E-state index contributed by atoms with van der Waals surface area (Å²) in [5, 5.41) is 10.6. The second-order valence-corrected chi connectivity index (χ2v) is 12.1. The first-order valence-corrected chi connectivity index (χ1v) is 14.1. The molecule has 1 aliphatic carbocycles. The Bertz CT molecular complexity index is 1210. The second kappa shape index (κ2) is 11.5. The smallest absolute Gasteiger partial charge is 0.306 e. The SMILES string of the molecule is NC(=O)C1(C(=O)[C@@](N)(CC(=O)O)S(=O)(=O)c2cccc3ccccc23)CCCCCCCCCCC1. The van der Waals surface area contributed by atoms with Gasteiger partial charge in [0.2, 0.25) is 15.7 Å². The van der Waals surface area contributed by atoms with Gasteiger partial charge >= 0.3 is 5.97 Å². The van der Waals surface area contributed by atoms with Crippen LogP contribution in [0.5, 0.6) is 0 Å². The van der Waals surface area contributed by atoms with Crippen molar-refractivity contribution in [3.8, 4) is 0 Å². The van der Waals surface area contributed by atoms with Crippen LogP contribution in [0.4, 0.5) is 0 Å². The monoisotopic (exact) mass is 516 g/mol. The molecule has 9 heteroatoms. The summed E-state index contributed by atoms with van der Waals surface area (Å²) < 4.78 is 28.1. The summed E-state index contributed by atoms with van der Waals surface area (Å²) in [6, 6.07) is 11.2. The Morgan fingerprint density at radius 2 is 1.33 bits per heavy atom. The topological polar surface area (TPSA) is 158 Å². The minimum Gasteiger partial charge on any atom is -0.481 e. The van der Waals surface area contributed by atoms with Crippen molar-refractivity contribution in [3.05, 3.63) is 42.5 Å². The number of rotatable bonds is 7. The molecule has 0 aromatic heterocycles. The summed E-state index contributed by atoms with van der Waals surface area (Å²) in [7, 11) is -4.75. The van der Waals surface area contributed by atoms with E-state index in [0.717, 1.165) is 44.9 Å². The van der Waals surface area contributed by atoms with Crippen LogP contribution in [0.15, 0.2) is 47.4 Å². The Labute approximate surface area is 212 Å². The summed E-state index contributed by atoms with van der Waals surface area (Å²) in [5.41, 5.74) is 10.4. The highest BCUT2D eigenvalue weighted by atomic mass is 32.2. The van der Waals surface area contributed by atoms with Gasteiger partial charge in [-0.3, -0.25) is 14.4 Å². The molecule has 0 saturated heterocycles. The van der Waals surface area contributed by atoms with Crippen LogP contribution in [0.25, 0.3) is 10.8 Å². The van der Waals surface area contributed by atoms with Crippen LogP contribution in [0.3, 0.4) is 0 Å².